The van der Waals surface area contributed by atoms with Crippen LogP contribution in [0.25, 0.3) is 0 Å². The van der Waals surface area contributed by atoms with Gasteiger partial charge in [0.1, 0.15) is 0 Å². The number of nitrogens with one attached hydrogen (secondary N) is 1. The van der Waals surface area contributed by atoms with Crippen LogP contribution in [0.15, 0.2) is 24.3 Å². The van der Waals surface area contributed by atoms with Crippen LogP contribution in [-0.2, 0) is 16.3 Å². The molecule has 0 saturated heterocycles. The topological polar surface area (TPSA) is 46.2 Å². The van der Waals surface area contributed by atoms with Crippen molar-refractivity contribution in [3.05, 3.63) is 35.4 Å². The molecule has 0 amide bonds. The quantitative estimate of drug-likeness (QED) is 0.802. The maximum atomic E-state index is 11.8. The predicted octanol–water partition coefficient (Wildman–Crippen LogP) is 3.15. The third-order valence-corrected chi connectivity index (χ3v) is 5.68. The number of hydrogen-bond donors (Lipinski definition) is 1. The van der Waals surface area contributed by atoms with Gasteiger partial charge in [0, 0.05) is 12.3 Å². The molecule has 21 heavy (non-hydrogen) atoms. The smallest absolute Gasteiger partial charge is 0.151 e. The fourth-order valence-corrected chi connectivity index (χ4v) is 3.11. The number of hydrogen-bond acceptors (Lipinski definition) is 3. The normalized spacial score (nSPS) is 15.1. The molecule has 0 bridgehead atoms. The van der Waals surface area contributed by atoms with Crippen molar-refractivity contribution < 1.29 is 8.42 Å². The van der Waals surface area contributed by atoms with Gasteiger partial charge in [0.05, 0.1) is 5.25 Å². The van der Waals surface area contributed by atoms with Crippen LogP contribution in [0.3, 0.4) is 0 Å². The zero-order chi connectivity index (χ0) is 16.0. The molecule has 1 N–H and O–H groups in total. The van der Waals surface area contributed by atoms with Gasteiger partial charge in [-0.25, -0.2) is 8.42 Å². The van der Waals surface area contributed by atoms with Gasteiger partial charge in [0.25, 0.3) is 0 Å². The first-order chi connectivity index (χ1) is 9.75. The van der Waals surface area contributed by atoms with Crippen LogP contribution in [0, 0.1) is 0 Å². The first-order valence-corrected chi connectivity index (χ1v) is 9.72. The molecule has 0 fully saturated rings. The summed E-state index contributed by atoms with van der Waals surface area (Å²) >= 11 is 0. The Kier molecular flexibility index (Phi) is 6.88. The maximum absolute atomic E-state index is 11.8. The van der Waals surface area contributed by atoms with E-state index in [1.54, 1.807) is 6.92 Å². The van der Waals surface area contributed by atoms with Crippen LogP contribution in [0.2, 0.25) is 0 Å². The van der Waals surface area contributed by atoms with Gasteiger partial charge in [-0.1, -0.05) is 45.0 Å². The molecule has 1 aromatic carbocycles. The fourth-order valence-electron chi connectivity index (χ4n) is 2.32. The van der Waals surface area contributed by atoms with Crippen LogP contribution in [-0.4, -0.2) is 32.5 Å². The fraction of sp³-hybridized carbons (Fsp3) is 0.647. The molecular formula is C17H29NO2S. The molecule has 2 atom stereocenters. The number of rotatable bonds is 8. The molecule has 1 rings (SSSR count). The second-order valence-corrected chi connectivity index (χ2v) is 8.60. The van der Waals surface area contributed by atoms with Crippen LogP contribution in [0.4, 0.5) is 0 Å². The largest absolute Gasteiger partial charge is 0.312 e. The van der Waals surface area contributed by atoms with Gasteiger partial charge in [-0.05, 0) is 43.4 Å². The van der Waals surface area contributed by atoms with E-state index in [4.69, 9.17) is 0 Å². The van der Waals surface area contributed by atoms with E-state index in [1.165, 1.54) is 17.4 Å². The van der Waals surface area contributed by atoms with Crippen molar-refractivity contribution in [1.29, 1.82) is 0 Å². The summed E-state index contributed by atoms with van der Waals surface area (Å²) in [6.45, 7) is 9.07. The Morgan fingerprint density at radius 2 is 1.67 bits per heavy atom. The molecule has 3 nitrogen and oxygen atoms in total. The molecule has 0 heterocycles. The second kappa shape index (κ2) is 7.95. The SMILES string of the molecule is CCCNC(Cc1ccc(C(C)C)cc1)C(C)S(C)(=O)=O. The van der Waals surface area contributed by atoms with Crippen LogP contribution >= 0.6 is 0 Å². The monoisotopic (exact) mass is 311 g/mol. The molecule has 0 saturated carbocycles. The van der Waals surface area contributed by atoms with Crippen molar-refractivity contribution in [2.45, 2.75) is 57.7 Å². The van der Waals surface area contributed by atoms with Crippen LogP contribution in [0.5, 0.6) is 0 Å². The third-order valence-electron chi connectivity index (χ3n) is 4.00. The van der Waals surface area contributed by atoms with E-state index in [9.17, 15) is 8.42 Å². The standard InChI is InChI=1S/C17H29NO2S/c1-6-11-18-17(14(4)21(5,19)20)12-15-7-9-16(10-8-15)13(2)3/h7-10,13-14,17-18H,6,11-12H2,1-5H3. The summed E-state index contributed by atoms with van der Waals surface area (Å²) in [6, 6.07) is 8.48. The summed E-state index contributed by atoms with van der Waals surface area (Å²) in [7, 11) is -3.04. The van der Waals surface area contributed by atoms with Crippen LogP contribution in [0.1, 0.15) is 51.2 Å². The highest BCUT2D eigenvalue weighted by molar-refractivity contribution is 7.91. The van der Waals surface area contributed by atoms with Gasteiger partial charge < -0.3 is 5.32 Å². The van der Waals surface area contributed by atoms with Gasteiger partial charge in [-0.2, -0.15) is 0 Å². The van der Waals surface area contributed by atoms with Crippen molar-refractivity contribution in [1.82, 2.24) is 5.32 Å². The Hall–Kier alpha value is -0.870. The van der Waals surface area contributed by atoms with E-state index in [-0.39, 0.29) is 11.3 Å². The Balaban J connectivity index is 2.85. The molecule has 120 valence electrons. The third kappa shape index (κ3) is 5.79. The highest BCUT2D eigenvalue weighted by atomic mass is 32.2. The summed E-state index contributed by atoms with van der Waals surface area (Å²) in [5, 5.41) is 3.00. The van der Waals surface area contributed by atoms with Gasteiger partial charge in [-0.15, -0.1) is 0 Å². The van der Waals surface area contributed by atoms with E-state index in [0.29, 0.717) is 5.92 Å². The summed E-state index contributed by atoms with van der Waals surface area (Å²) in [6.07, 6.45) is 3.06. The Bertz CT molecular complexity index is 520. The van der Waals surface area contributed by atoms with Crippen molar-refractivity contribution in [2.24, 2.45) is 0 Å². The molecule has 0 aromatic heterocycles. The molecule has 0 aliphatic carbocycles. The minimum Gasteiger partial charge on any atom is -0.312 e. The lowest BCUT2D eigenvalue weighted by molar-refractivity contribution is 0.482. The van der Waals surface area contributed by atoms with E-state index in [2.05, 4.69) is 50.4 Å². The molecule has 4 heteroatoms. The highest BCUT2D eigenvalue weighted by Gasteiger charge is 2.25. The summed E-state index contributed by atoms with van der Waals surface area (Å²) in [5.74, 6) is 0.517. The lowest BCUT2D eigenvalue weighted by Gasteiger charge is -2.24. The van der Waals surface area contributed by atoms with E-state index >= 15 is 0 Å². The number of sulfone groups is 1. The summed E-state index contributed by atoms with van der Waals surface area (Å²) < 4.78 is 23.7. The van der Waals surface area contributed by atoms with Crippen molar-refractivity contribution >= 4 is 9.84 Å². The van der Waals surface area contributed by atoms with Crippen molar-refractivity contribution in [3.63, 3.8) is 0 Å². The Labute approximate surface area is 130 Å². The zero-order valence-electron chi connectivity index (χ0n) is 13.9. The molecule has 0 radical (unpaired) electrons. The maximum Gasteiger partial charge on any atom is 0.151 e. The first kappa shape index (κ1) is 18.2. The summed E-state index contributed by atoms with van der Waals surface area (Å²) in [4.78, 5) is 0. The average Bonchev–Trinajstić information content (AvgIpc) is 2.42. The van der Waals surface area contributed by atoms with Crippen LogP contribution < -0.4 is 5.32 Å². The van der Waals surface area contributed by atoms with E-state index in [1.807, 2.05) is 0 Å². The summed E-state index contributed by atoms with van der Waals surface area (Å²) in [5.41, 5.74) is 2.50. The molecule has 0 spiro atoms. The van der Waals surface area contributed by atoms with Gasteiger partial charge in [0.2, 0.25) is 0 Å². The van der Waals surface area contributed by atoms with E-state index < -0.39 is 9.84 Å². The molecule has 0 aliphatic rings. The highest BCUT2D eigenvalue weighted by Crippen LogP contribution is 2.17. The minimum atomic E-state index is -3.04. The average molecular weight is 311 g/mol. The molecule has 2 unspecified atom stereocenters. The van der Waals surface area contributed by atoms with Crippen molar-refractivity contribution in [3.8, 4) is 0 Å². The van der Waals surface area contributed by atoms with Gasteiger partial charge >= 0.3 is 0 Å². The van der Waals surface area contributed by atoms with Crippen molar-refractivity contribution in [2.75, 3.05) is 12.8 Å². The van der Waals surface area contributed by atoms with Gasteiger partial charge in [0.15, 0.2) is 9.84 Å². The minimum absolute atomic E-state index is 0.0372. The van der Waals surface area contributed by atoms with Gasteiger partial charge in [-0.3, -0.25) is 0 Å². The predicted molar refractivity (Wildman–Crippen MR) is 90.6 cm³/mol. The lowest BCUT2D eigenvalue weighted by atomic mass is 9.98. The zero-order valence-corrected chi connectivity index (χ0v) is 14.7. The lowest BCUT2D eigenvalue weighted by Crippen LogP contribution is -2.44. The Morgan fingerprint density at radius 3 is 2.10 bits per heavy atom. The van der Waals surface area contributed by atoms with E-state index in [0.717, 1.165) is 19.4 Å². The first-order valence-electron chi connectivity index (χ1n) is 7.76. The molecule has 1 aromatic rings. The Morgan fingerprint density at radius 1 is 1.10 bits per heavy atom. The number of benzene rings is 1. The second-order valence-electron chi connectivity index (χ2n) is 6.20. The molecular weight excluding hydrogens is 282 g/mol. The molecule has 0 aliphatic heterocycles.